The third-order valence-electron chi connectivity index (χ3n) is 5.02. The molecule has 3 aromatic rings. The van der Waals surface area contributed by atoms with Crippen molar-refractivity contribution in [3.05, 3.63) is 63.5 Å². The number of nitrogens with one attached hydrogen (secondary N) is 1. The standard InChI is InChI=1S/C21H18FN3O6S/c1-25-16-5-2-11(22)8-13(16)20(27)19(21(25)28)15-10-32(29,30)17-9-12(3-4-14(17)24-15)31-7-6-18(23)26/h2-5,8-10,24,27H,6-7H2,1H3,(H2,23,26). The number of aryl methyl sites for hydroxylation is 1. The topological polar surface area (TPSA) is 141 Å². The van der Waals surface area contributed by atoms with Crippen LogP contribution in [0.5, 0.6) is 11.5 Å². The van der Waals surface area contributed by atoms with Crippen molar-refractivity contribution in [1.29, 1.82) is 0 Å². The predicted molar refractivity (Wildman–Crippen MR) is 115 cm³/mol. The van der Waals surface area contributed by atoms with Crippen molar-refractivity contribution in [3.8, 4) is 11.5 Å². The molecule has 11 heteroatoms. The van der Waals surface area contributed by atoms with Gasteiger partial charge in [0, 0.05) is 18.5 Å². The van der Waals surface area contributed by atoms with Gasteiger partial charge in [0.1, 0.15) is 22.9 Å². The maximum Gasteiger partial charge on any atom is 0.263 e. The van der Waals surface area contributed by atoms with Gasteiger partial charge >= 0.3 is 0 Å². The van der Waals surface area contributed by atoms with Gasteiger partial charge in [-0.25, -0.2) is 12.8 Å². The summed E-state index contributed by atoms with van der Waals surface area (Å²) in [5.41, 5.74) is 4.39. The minimum absolute atomic E-state index is 0.0136. The van der Waals surface area contributed by atoms with E-state index < -0.39 is 32.9 Å². The molecule has 32 heavy (non-hydrogen) atoms. The van der Waals surface area contributed by atoms with Crippen LogP contribution in [0.4, 0.5) is 10.1 Å². The van der Waals surface area contributed by atoms with Crippen molar-refractivity contribution in [2.24, 2.45) is 12.8 Å². The molecule has 1 aliphatic heterocycles. The molecule has 1 amide bonds. The Balaban J connectivity index is 1.80. The van der Waals surface area contributed by atoms with Crippen LogP contribution < -0.4 is 21.3 Å². The molecule has 9 nitrogen and oxygen atoms in total. The average molecular weight is 459 g/mol. The van der Waals surface area contributed by atoms with Crippen molar-refractivity contribution in [1.82, 2.24) is 4.57 Å². The van der Waals surface area contributed by atoms with E-state index in [-0.39, 0.29) is 51.5 Å². The summed E-state index contributed by atoms with van der Waals surface area (Å²) in [5.74, 6) is -1.50. The zero-order valence-corrected chi connectivity index (χ0v) is 17.6. The Labute approximate surface area is 181 Å². The summed E-state index contributed by atoms with van der Waals surface area (Å²) in [4.78, 5) is 23.6. The fourth-order valence-electron chi connectivity index (χ4n) is 3.46. The first-order chi connectivity index (χ1) is 15.1. The molecule has 4 N–H and O–H groups in total. The highest BCUT2D eigenvalue weighted by atomic mass is 32.2. The third-order valence-corrected chi connectivity index (χ3v) is 6.52. The smallest absolute Gasteiger partial charge is 0.263 e. The van der Waals surface area contributed by atoms with Gasteiger partial charge in [0.15, 0.2) is 0 Å². The number of carbonyl (C=O) groups is 1. The van der Waals surface area contributed by atoms with Crippen LogP contribution in [0.2, 0.25) is 0 Å². The molecular weight excluding hydrogens is 441 g/mol. The Morgan fingerprint density at radius 1 is 1.25 bits per heavy atom. The van der Waals surface area contributed by atoms with Gasteiger partial charge in [0.2, 0.25) is 15.7 Å². The number of ether oxygens (including phenoxy) is 1. The van der Waals surface area contributed by atoms with Gasteiger partial charge in [-0.15, -0.1) is 0 Å². The molecule has 0 atom stereocenters. The molecule has 0 unspecified atom stereocenters. The first-order valence-corrected chi connectivity index (χ1v) is 10.9. The molecule has 4 rings (SSSR count). The van der Waals surface area contributed by atoms with Gasteiger partial charge in [-0.3, -0.25) is 9.59 Å². The summed E-state index contributed by atoms with van der Waals surface area (Å²) < 4.78 is 46.1. The van der Waals surface area contributed by atoms with Crippen molar-refractivity contribution < 1.29 is 27.4 Å². The van der Waals surface area contributed by atoms with Gasteiger partial charge in [-0.05, 0) is 30.3 Å². The van der Waals surface area contributed by atoms with Crippen LogP contribution in [0.15, 0.2) is 51.5 Å². The van der Waals surface area contributed by atoms with Crippen LogP contribution in [0.1, 0.15) is 12.0 Å². The molecular formula is C21H18FN3O6S. The van der Waals surface area contributed by atoms with Crippen molar-refractivity contribution in [2.75, 3.05) is 11.9 Å². The third kappa shape index (κ3) is 3.66. The largest absolute Gasteiger partial charge is 0.506 e. The number of anilines is 1. The van der Waals surface area contributed by atoms with Gasteiger partial charge in [-0.1, -0.05) is 0 Å². The second-order valence-corrected chi connectivity index (χ2v) is 8.94. The Kier molecular flexibility index (Phi) is 5.13. The number of aromatic hydroxyl groups is 1. The molecule has 1 aliphatic rings. The molecule has 166 valence electrons. The lowest BCUT2D eigenvalue weighted by molar-refractivity contribution is -0.118. The molecule has 0 aliphatic carbocycles. The maximum absolute atomic E-state index is 13.8. The first-order valence-electron chi connectivity index (χ1n) is 9.39. The number of hydrogen-bond acceptors (Lipinski definition) is 7. The van der Waals surface area contributed by atoms with E-state index in [9.17, 15) is 27.5 Å². The fourth-order valence-corrected chi connectivity index (χ4v) is 4.78. The van der Waals surface area contributed by atoms with E-state index in [1.54, 1.807) is 0 Å². The SMILES string of the molecule is Cn1c(=O)c(C2=CS(=O)(=O)c3cc(OCCC(N)=O)ccc3N2)c(O)c2cc(F)ccc21. The van der Waals surface area contributed by atoms with Crippen LogP contribution >= 0.6 is 0 Å². The minimum Gasteiger partial charge on any atom is -0.506 e. The number of nitrogens with two attached hydrogens (primary N) is 1. The summed E-state index contributed by atoms with van der Waals surface area (Å²) in [6, 6.07) is 7.77. The van der Waals surface area contributed by atoms with Crippen molar-refractivity contribution in [2.45, 2.75) is 11.3 Å². The average Bonchev–Trinajstić information content (AvgIpc) is 2.72. The molecule has 0 fully saturated rings. The van der Waals surface area contributed by atoms with Crippen LogP contribution in [-0.2, 0) is 21.7 Å². The number of pyridine rings is 1. The predicted octanol–water partition coefficient (Wildman–Crippen LogP) is 1.84. The highest BCUT2D eigenvalue weighted by Gasteiger charge is 2.28. The van der Waals surface area contributed by atoms with Crippen LogP contribution in [-0.4, -0.2) is 30.6 Å². The number of carbonyl (C=O) groups excluding carboxylic acids is 1. The second-order valence-electron chi connectivity index (χ2n) is 7.17. The molecule has 0 spiro atoms. The highest BCUT2D eigenvalue weighted by Crippen LogP contribution is 2.38. The van der Waals surface area contributed by atoms with Crippen molar-refractivity contribution >= 4 is 38.0 Å². The molecule has 2 heterocycles. The molecule has 0 radical (unpaired) electrons. The number of nitrogens with zero attached hydrogens (tertiary/aromatic N) is 1. The molecule has 0 bridgehead atoms. The minimum atomic E-state index is -4.04. The van der Waals surface area contributed by atoms with Gasteiger partial charge in [-0.2, -0.15) is 0 Å². The summed E-state index contributed by atoms with van der Waals surface area (Å²) >= 11 is 0. The number of hydrogen-bond donors (Lipinski definition) is 3. The number of halogens is 1. The van der Waals surface area contributed by atoms with Crippen LogP contribution in [0.3, 0.4) is 0 Å². The van der Waals surface area contributed by atoms with Gasteiger partial charge in [0.05, 0.1) is 40.2 Å². The lowest BCUT2D eigenvalue weighted by Gasteiger charge is -2.21. The number of aromatic nitrogens is 1. The Hall–Kier alpha value is -3.86. The monoisotopic (exact) mass is 459 g/mol. The number of primary amides is 1. The number of benzene rings is 2. The zero-order chi connectivity index (χ0) is 23.2. The second kappa shape index (κ2) is 7.68. The van der Waals surface area contributed by atoms with Crippen LogP contribution in [0, 0.1) is 5.82 Å². The molecule has 0 saturated heterocycles. The number of fused-ring (bicyclic) bond motifs is 2. The normalized spacial score (nSPS) is 14.4. The van der Waals surface area contributed by atoms with E-state index >= 15 is 0 Å². The van der Waals surface area contributed by atoms with E-state index in [2.05, 4.69) is 5.32 Å². The quantitative estimate of drug-likeness (QED) is 0.529. The molecule has 1 aromatic heterocycles. The van der Waals surface area contributed by atoms with E-state index in [0.717, 1.165) is 17.5 Å². The van der Waals surface area contributed by atoms with Gasteiger partial charge in [0.25, 0.3) is 5.56 Å². The summed E-state index contributed by atoms with van der Waals surface area (Å²) in [6.45, 7) is -0.0136. The van der Waals surface area contributed by atoms with Crippen molar-refractivity contribution in [3.63, 3.8) is 0 Å². The lowest BCUT2D eigenvalue weighted by atomic mass is 10.1. The fraction of sp³-hybridized carbons (Fsp3) is 0.143. The Bertz CT molecular complexity index is 1480. The summed E-state index contributed by atoms with van der Waals surface area (Å²) in [6.07, 6.45) is -0.0305. The summed E-state index contributed by atoms with van der Waals surface area (Å²) in [7, 11) is -2.60. The number of rotatable bonds is 5. The first kappa shape index (κ1) is 21.4. The van der Waals surface area contributed by atoms with Gasteiger partial charge < -0.3 is 25.5 Å². The van der Waals surface area contributed by atoms with E-state index in [1.807, 2.05) is 0 Å². The molecule has 0 saturated carbocycles. The number of sulfone groups is 1. The van der Waals surface area contributed by atoms with E-state index in [1.165, 1.54) is 35.9 Å². The highest BCUT2D eigenvalue weighted by molar-refractivity contribution is 7.94. The Morgan fingerprint density at radius 3 is 2.72 bits per heavy atom. The number of amides is 1. The lowest BCUT2D eigenvalue weighted by Crippen LogP contribution is -2.25. The zero-order valence-electron chi connectivity index (χ0n) is 16.8. The van der Waals surface area contributed by atoms with E-state index in [4.69, 9.17) is 10.5 Å². The Morgan fingerprint density at radius 2 is 2.00 bits per heavy atom. The van der Waals surface area contributed by atoms with E-state index in [0.29, 0.717) is 0 Å². The van der Waals surface area contributed by atoms with Crippen LogP contribution in [0.25, 0.3) is 16.6 Å². The summed E-state index contributed by atoms with van der Waals surface area (Å²) in [5, 5.41) is 14.5. The molecule has 2 aromatic carbocycles. The maximum atomic E-state index is 13.8.